The molecule has 2 heterocycles. The van der Waals surface area contributed by atoms with Gasteiger partial charge in [-0.2, -0.15) is 0 Å². The first-order chi connectivity index (χ1) is 13.0. The summed E-state index contributed by atoms with van der Waals surface area (Å²) < 4.78 is 21.3. The van der Waals surface area contributed by atoms with Gasteiger partial charge < -0.3 is 18.3 Å². The SMILES string of the molecule is COC(=O)c1oc(COc2cc3oc(=O)c4c(c3cc2Cl)CCC4)cc1C. The molecule has 0 saturated heterocycles. The van der Waals surface area contributed by atoms with Crippen molar-refractivity contribution in [2.75, 3.05) is 7.11 Å². The third-order valence-corrected chi connectivity index (χ3v) is 5.03. The molecule has 7 heteroatoms. The number of aryl methyl sites for hydroxylation is 2. The summed E-state index contributed by atoms with van der Waals surface area (Å²) in [4.78, 5) is 23.8. The summed E-state index contributed by atoms with van der Waals surface area (Å²) in [7, 11) is 1.29. The molecule has 0 spiro atoms. The molecule has 1 aliphatic carbocycles. The minimum Gasteiger partial charge on any atom is -0.484 e. The molecule has 4 rings (SSSR count). The van der Waals surface area contributed by atoms with Crippen molar-refractivity contribution in [3.8, 4) is 5.75 Å². The Morgan fingerprint density at radius 2 is 1.96 bits per heavy atom. The Labute approximate surface area is 159 Å². The van der Waals surface area contributed by atoms with Crippen LogP contribution >= 0.6 is 11.6 Å². The summed E-state index contributed by atoms with van der Waals surface area (Å²) in [6.45, 7) is 1.82. The van der Waals surface area contributed by atoms with Gasteiger partial charge in [0.05, 0.1) is 12.1 Å². The highest BCUT2D eigenvalue weighted by Crippen LogP contribution is 2.35. The lowest BCUT2D eigenvalue weighted by Gasteiger charge is -2.10. The van der Waals surface area contributed by atoms with E-state index < -0.39 is 5.97 Å². The van der Waals surface area contributed by atoms with Crippen molar-refractivity contribution in [2.45, 2.75) is 32.8 Å². The number of rotatable bonds is 4. The molecule has 0 aliphatic heterocycles. The number of carbonyl (C=O) groups is 1. The van der Waals surface area contributed by atoms with Crippen molar-refractivity contribution < 1.29 is 23.1 Å². The second kappa shape index (κ2) is 6.78. The molecule has 27 heavy (non-hydrogen) atoms. The van der Waals surface area contributed by atoms with Gasteiger partial charge in [-0.15, -0.1) is 0 Å². The van der Waals surface area contributed by atoms with Gasteiger partial charge in [-0.25, -0.2) is 9.59 Å². The normalized spacial score (nSPS) is 13.0. The summed E-state index contributed by atoms with van der Waals surface area (Å²) in [5, 5.41) is 1.27. The second-order valence-corrected chi connectivity index (χ2v) is 6.89. The highest BCUT2D eigenvalue weighted by atomic mass is 35.5. The lowest BCUT2D eigenvalue weighted by Crippen LogP contribution is -2.07. The van der Waals surface area contributed by atoms with Gasteiger partial charge in [0.2, 0.25) is 5.76 Å². The Balaban J connectivity index is 1.63. The van der Waals surface area contributed by atoms with Crippen LogP contribution in [0.25, 0.3) is 11.0 Å². The fourth-order valence-electron chi connectivity index (χ4n) is 3.46. The van der Waals surface area contributed by atoms with E-state index in [0.29, 0.717) is 27.7 Å². The lowest BCUT2D eigenvalue weighted by atomic mass is 10.1. The molecule has 2 aromatic heterocycles. The second-order valence-electron chi connectivity index (χ2n) is 6.48. The molecule has 6 nitrogen and oxygen atoms in total. The molecule has 0 radical (unpaired) electrons. The monoisotopic (exact) mass is 388 g/mol. The van der Waals surface area contributed by atoms with E-state index in [1.54, 1.807) is 25.1 Å². The van der Waals surface area contributed by atoms with Gasteiger partial charge >= 0.3 is 11.6 Å². The third-order valence-electron chi connectivity index (χ3n) is 4.74. The number of methoxy groups -OCH3 is 1. The van der Waals surface area contributed by atoms with Crippen molar-refractivity contribution in [1.82, 2.24) is 0 Å². The number of halogens is 1. The quantitative estimate of drug-likeness (QED) is 0.492. The average Bonchev–Trinajstić information content (AvgIpc) is 3.27. The van der Waals surface area contributed by atoms with E-state index in [2.05, 4.69) is 4.74 Å². The van der Waals surface area contributed by atoms with E-state index in [4.69, 9.17) is 25.2 Å². The number of esters is 1. The number of hydrogen-bond donors (Lipinski definition) is 0. The molecule has 0 saturated carbocycles. The fourth-order valence-corrected chi connectivity index (χ4v) is 3.67. The molecule has 0 atom stereocenters. The van der Waals surface area contributed by atoms with Crippen molar-refractivity contribution in [3.63, 3.8) is 0 Å². The molecule has 3 aromatic rings. The van der Waals surface area contributed by atoms with E-state index in [0.717, 1.165) is 35.8 Å². The summed E-state index contributed by atoms with van der Waals surface area (Å²) >= 11 is 6.37. The molecule has 0 amide bonds. The summed E-state index contributed by atoms with van der Waals surface area (Å²) in [6, 6.07) is 5.09. The fraction of sp³-hybridized carbons (Fsp3) is 0.300. The molecule has 0 unspecified atom stereocenters. The number of carbonyl (C=O) groups excluding carboxylic acids is 1. The maximum atomic E-state index is 12.1. The zero-order valence-electron chi connectivity index (χ0n) is 14.9. The third kappa shape index (κ3) is 3.10. The Morgan fingerprint density at radius 1 is 1.19 bits per heavy atom. The summed E-state index contributed by atoms with van der Waals surface area (Å²) in [5.74, 6) is 0.429. The van der Waals surface area contributed by atoms with E-state index in [1.807, 2.05) is 0 Å². The average molecular weight is 389 g/mol. The molecule has 140 valence electrons. The van der Waals surface area contributed by atoms with Crippen LogP contribution in [0.3, 0.4) is 0 Å². The van der Waals surface area contributed by atoms with Crippen LogP contribution in [-0.2, 0) is 24.2 Å². The van der Waals surface area contributed by atoms with E-state index in [-0.39, 0.29) is 18.0 Å². The van der Waals surface area contributed by atoms with Gasteiger partial charge in [0.15, 0.2) is 0 Å². The van der Waals surface area contributed by atoms with Gasteiger partial charge in [-0.05, 0) is 43.9 Å². The summed E-state index contributed by atoms with van der Waals surface area (Å²) in [6.07, 6.45) is 2.52. The van der Waals surface area contributed by atoms with Gasteiger partial charge in [0.1, 0.15) is 23.7 Å². The lowest BCUT2D eigenvalue weighted by molar-refractivity contribution is 0.0560. The molecule has 0 N–H and O–H groups in total. The highest BCUT2D eigenvalue weighted by molar-refractivity contribution is 6.32. The number of ether oxygens (including phenoxy) is 2. The molecule has 1 aliphatic rings. The van der Waals surface area contributed by atoms with Crippen molar-refractivity contribution >= 4 is 28.5 Å². The zero-order chi connectivity index (χ0) is 19.1. The van der Waals surface area contributed by atoms with Crippen LogP contribution < -0.4 is 10.4 Å². The van der Waals surface area contributed by atoms with Crippen LogP contribution in [0.2, 0.25) is 5.02 Å². The van der Waals surface area contributed by atoms with Crippen molar-refractivity contribution in [1.29, 1.82) is 0 Å². The maximum Gasteiger partial charge on any atom is 0.374 e. The molecular formula is C20H17ClO6. The summed E-state index contributed by atoms with van der Waals surface area (Å²) in [5.41, 5.74) is 2.57. The number of furan rings is 1. The van der Waals surface area contributed by atoms with E-state index in [1.165, 1.54) is 7.11 Å². The Morgan fingerprint density at radius 3 is 2.74 bits per heavy atom. The van der Waals surface area contributed by atoms with Crippen LogP contribution in [-0.4, -0.2) is 13.1 Å². The Bertz CT molecular complexity index is 1110. The van der Waals surface area contributed by atoms with Crippen molar-refractivity contribution in [2.24, 2.45) is 0 Å². The predicted octanol–water partition coefficient (Wildman–Crippen LogP) is 4.20. The highest BCUT2D eigenvalue weighted by Gasteiger charge is 2.21. The van der Waals surface area contributed by atoms with Crippen molar-refractivity contribution in [3.05, 3.63) is 61.9 Å². The van der Waals surface area contributed by atoms with Crippen LogP contribution in [0.1, 0.15) is 39.4 Å². The largest absolute Gasteiger partial charge is 0.484 e. The first kappa shape index (κ1) is 17.7. The van der Waals surface area contributed by atoms with Gasteiger partial charge in [-0.1, -0.05) is 11.6 Å². The molecule has 0 fully saturated rings. The molecule has 1 aromatic carbocycles. The Hall–Kier alpha value is -2.73. The zero-order valence-corrected chi connectivity index (χ0v) is 15.6. The predicted molar refractivity (Wildman–Crippen MR) is 98.6 cm³/mol. The van der Waals surface area contributed by atoms with E-state index >= 15 is 0 Å². The van der Waals surface area contributed by atoms with Crippen LogP contribution in [0.4, 0.5) is 0 Å². The Kier molecular flexibility index (Phi) is 4.44. The van der Waals surface area contributed by atoms with Gasteiger partial charge in [-0.3, -0.25) is 0 Å². The van der Waals surface area contributed by atoms with Crippen LogP contribution in [0, 0.1) is 6.92 Å². The minimum atomic E-state index is -0.543. The molecule has 0 bridgehead atoms. The topological polar surface area (TPSA) is 78.9 Å². The van der Waals surface area contributed by atoms with Crippen LogP contribution in [0.5, 0.6) is 5.75 Å². The molecular weight excluding hydrogens is 372 g/mol. The first-order valence-electron chi connectivity index (χ1n) is 8.56. The van der Waals surface area contributed by atoms with Gasteiger partial charge in [0, 0.05) is 22.6 Å². The number of benzene rings is 1. The number of hydrogen-bond acceptors (Lipinski definition) is 6. The first-order valence-corrected chi connectivity index (χ1v) is 8.94. The van der Waals surface area contributed by atoms with Gasteiger partial charge in [0.25, 0.3) is 0 Å². The standard InChI is InChI=1S/C20H17ClO6/c1-10-6-11(26-18(10)20(23)24-2)9-25-17-8-16-14(7-15(17)21)12-4-3-5-13(12)19(22)27-16/h6-8H,3-5,9H2,1-2H3. The van der Waals surface area contributed by atoms with Crippen LogP contribution in [0.15, 0.2) is 31.8 Å². The maximum absolute atomic E-state index is 12.1. The minimum absolute atomic E-state index is 0.0677. The van der Waals surface area contributed by atoms with E-state index in [9.17, 15) is 9.59 Å². The smallest absolute Gasteiger partial charge is 0.374 e. The number of fused-ring (bicyclic) bond motifs is 3.